The minimum atomic E-state index is -0.752. The zero-order chi connectivity index (χ0) is 18.4. The molecule has 1 fully saturated rings. The molecule has 0 radical (unpaired) electrons. The van der Waals surface area contributed by atoms with Crippen molar-refractivity contribution in [2.75, 3.05) is 0 Å². The fraction of sp³-hybridized carbons (Fsp3) is 0.600. The third-order valence-corrected chi connectivity index (χ3v) is 4.12. The standard InChI is InChI=1S/C20H29NO4/c1-14-9-11-15(12-10-14)13-17(21-19(23)25-20(2,3)4)18(22)24-16-7-5-6-8-16/h9-12,16-17H,5-8,13H2,1-4H3,(H,21,23)/t17-/m0/s1. The maximum absolute atomic E-state index is 12.6. The first-order valence-corrected chi connectivity index (χ1v) is 8.98. The van der Waals surface area contributed by atoms with Crippen LogP contribution in [0.15, 0.2) is 24.3 Å². The van der Waals surface area contributed by atoms with E-state index in [9.17, 15) is 9.59 Å². The van der Waals surface area contributed by atoms with Crippen molar-refractivity contribution in [3.05, 3.63) is 35.4 Å². The van der Waals surface area contributed by atoms with Crippen molar-refractivity contribution < 1.29 is 19.1 Å². The Balaban J connectivity index is 2.04. The van der Waals surface area contributed by atoms with Crippen LogP contribution >= 0.6 is 0 Å². The van der Waals surface area contributed by atoms with Crippen LogP contribution in [-0.4, -0.2) is 29.8 Å². The highest BCUT2D eigenvalue weighted by atomic mass is 16.6. The van der Waals surface area contributed by atoms with Crippen molar-refractivity contribution in [1.29, 1.82) is 0 Å². The van der Waals surface area contributed by atoms with E-state index in [1.807, 2.05) is 31.2 Å². The summed E-state index contributed by atoms with van der Waals surface area (Å²) in [5.74, 6) is -0.390. The van der Waals surface area contributed by atoms with Crippen LogP contribution in [0.3, 0.4) is 0 Å². The first-order chi connectivity index (χ1) is 11.7. The summed E-state index contributed by atoms with van der Waals surface area (Å²) >= 11 is 0. The number of carbonyl (C=O) groups excluding carboxylic acids is 2. The molecule has 0 aliphatic heterocycles. The van der Waals surface area contributed by atoms with Crippen molar-refractivity contribution in [2.24, 2.45) is 0 Å². The van der Waals surface area contributed by atoms with Gasteiger partial charge in [0.15, 0.2) is 0 Å². The lowest BCUT2D eigenvalue weighted by Crippen LogP contribution is -2.46. The number of esters is 1. The number of nitrogens with one attached hydrogen (secondary N) is 1. The topological polar surface area (TPSA) is 64.6 Å². The van der Waals surface area contributed by atoms with Gasteiger partial charge < -0.3 is 14.8 Å². The summed E-state index contributed by atoms with van der Waals surface area (Å²) < 4.78 is 10.9. The molecule has 1 saturated carbocycles. The van der Waals surface area contributed by atoms with Gasteiger partial charge in [-0.25, -0.2) is 9.59 Å². The Hall–Kier alpha value is -2.04. The highest BCUT2D eigenvalue weighted by Gasteiger charge is 2.28. The molecule has 1 aromatic carbocycles. The van der Waals surface area contributed by atoms with E-state index in [0.29, 0.717) is 6.42 Å². The highest BCUT2D eigenvalue weighted by molar-refractivity contribution is 5.82. The molecule has 25 heavy (non-hydrogen) atoms. The molecule has 1 aromatic rings. The first kappa shape index (κ1) is 19.3. The van der Waals surface area contributed by atoms with Crippen LogP contribution in [0.2, 0.25) is 0 Å². The van der Waals surface area contributed by atoms with Gasteiger partial charge in [-0.3, -0.25) is 0 Å². The molecular weight excluding hydrogens is 318 g/mol. The number of rotatable bonds is 5. The molecule has 138 valence electrons. The van der Waals surface area contributed by atoms with Crippen LogP contribution in [0, 0.1) is 6.92 Å². The van der Waals surface area contributed by atoms with Crippen molar-refractivity contribution in [2.45, 2.75) is 77.5 Å². The lowest BCUT2D eigenvalue weighted by atomic mass is 10.0. The van der Waals surface area contributed by atoms with Crippen molar-refractivity contribution in [3.8, 4) is 0 Å². The maximum Gasteiger partial charge on any atom is 0.408 e. The molecule has 2 rings (SSSR count). The minimum Gasteiger partial charge on any atom is -0.461 e. The monoisotopic (exact) mass is 347 g/mol. The third-order valence-electron chi connectivity index (χ3n) is 4.12. The van der Waals surface area contributed by atoms with Gasteiger partial charge in [0.05, 0.1) is 0 Å². The van der Waals surface area contributed by atoms with Crippen LogP contribution in [0.4, 0.5) is 4.79 Å². The molecule has 5 nitrogen and oxygen atoms in total. The molecule has 0 aromatic heterocycles. The second-order valence-electron chi connectivity index (χ2n) is 7.73. The predicted octanol–water partition coefficient (Wildman–Crippen LogP) is 3.92. The maximum atomic E-state index is 12.6. The normalized spacial score (nSPS) is 16.3. The van der Waals surface area contributed by atoms with Crippen LogP contribution in [0.25, 0.3) is 0 Å². The number of hydrogen-bond acceptors (Lipinski definition) is 4. The van der Waals surface area contributed by atoms with E-state index in [1.165, 1.54) is 0 Å². The Morgan fingerprint density at radius 2 is 1.76 bits per heavy atom. The molecule has 0 saturated heterocycles. The molecule has 1 amide bonds. The second-order valence-corrected chi connectivity index (χ2v) is 7.73. The van der Waals surface area contributed by atoms with Crippen LogP contribution in [0.1, 0.15) is 57.6 Å². The fourth-order valence-corrected chi connectivity index (χ4v) is 2.86. The minimum absolute atomic E-state index is 0.0338. The van der Waals surface area contributed by atoms with Gasteiger partial charge in [-0.15, -0.1) is 0 Å². The zero-order valence-electron chi connectivity index (χ0n) is 15.6. The van der Waals surface area contributed by atoms with E-state index in [0.717, 1.165) is 36.8 Å². The molecule has 5 heteroatoms. The lowest BCUT2D eigenvalue weighted by molar-refractivity contribution is -0.151. The molecular formula is C20H29NO4. The SMILES string of the molecule is Cc1ccc(C[C@H](NC(=O)OC(C)(C)C)C(=O)OC2CCCC2)cc1. The number of amides is 1. The van der Waals surface area contributed by atoms with Gasteiger partial charge in [0, 0.05) is 6.42 Å². The van der Waals surface area contributed by atoms with Gasteiger partial charge in [0.2, 0.25) is 0 Å². The van der Waals surface area contributed by atoms with Crippen molar-refractivity contribution >= 4 is 12.1 Å². The summed E-state index contributed by atoms with van der Waals surface area (Å²) in [6, 6.07) is 7.15. The molecule has 1 N–H and O–H groups in total. The van der Waals surface area contributed by atoms with Gasteiger partial charge >= 0.3 is 12.1 Å². The summed E-state index contributed by atoms with van der Waals surface area (Å²) in [6.07, 6.45) is 3.71. The molecule has 0 heterocycles. The number of alkyl carbamates (subject to hydrolysis) is 1. The smallest absolute Gasteiger partial charge is 0.408 e. The number of benzene rings is 1. The molecule has 0 unspecified atom stereocenters. The number of hydrogen-bond donors (Lipinski definition) is 1. The van der Waals surface area contributed by atoms with E-state index in [4.69, 9.17) is 9.47 Å². The quantitative estimate of drug-likeness (QED) is 0.820. The van der Waals surface area contributed by atoms with Crippen molar-refractivity contribution in [3.63, 3.8) is 0 Å². The molecule has 0 bridgehead atoms. The van der Waals surface area contributed by atoms with Gasteiger partial charge in [0.25, 0.3) is 0 Å². The summed E-state index contributed by atoms with van der Waals surface area (Å²) in [5.41, 5.74) is 1.50. The van der Waals surface area contributed by atoms with Gasteiger partial charge in [-0.05, 0) is 58.9 Å². The molecule has 1 atom stereocenters. The Morgan fingerprint density at radius 3 is 2.32 bits per heavy atom. The first-order valence-electron chi connectivity index (χ1n) is 8.98. The van der Waals surface area contributed by atoms with E-state index < -0.39 is 23.7 Å². The van der Waals surface area contributed by atoms with Crippen LogP contribution in [0.5, 0.6) is 0 Å². The average Bonchev–Trinajstić information content (AvgIpc) is 2.99. The zero-order valence-corrected chi connectivity index (χ0v) is 15.6. The summed E-state index contributed by atoms with van der Waals surface area (Å²) in [4.78, 5) is 24.7. The third kappa shape index (κ3) is 6.77. The average molecular weight is 347 g/mol. The Labute approximate surface area is 150 Å². The number of aryl methyl sites for hydroxylation is 1. The molecule has 1 aliphatic carbocycles. The van der Waals surface area contributed by atoms with Gasteiger partial charge in [-0.2, -0.15) is 0 Å². The second kappa shape index (κ2) is 8.37. The van der Waals surface area contributed by atoms with Crippen LogP contribution < -0.4 is 5.32 Å². The van der Waals surface area contributed by atoms with Crippen molar-refractivity contribution in [1.82, 2.24) is 5.32 Å². The summed E-state index contributed by atoms with van der Waals surface area (Å²) in [7, 11) is 0. The van der Waals surface area contributed by atoms with Gasteiger partial charge in [0.1, 0.15) is 17.7 Å². The Kier molecular flexibility index (Phi) is 6.45. The Morgan fingerprint density at radius 1 is 1.16 bits per heavy atom. The number of ether oxygens (including phenoxy) is 2. The molecule has 0 spiro atoms. The Bertz CT molecular complexity index is 583. The predicted molar refractivity (Wildman–Crippen MR) is 96.4 cm³/mol. The van der Waals surface area contributed by atoms with E-state index in [2.05, 4.69) is 5.32 Å². The van der Waals surface area contributed by atoms with Crippen LogP contribution in [-0.2, 0) is 20.7 Å². The number of carbonyl (C=O) groups is 2. The van der Waals surface area contributed by atoms with E-state index in [-0.39, 0.29) is 6.10 Å². The fourth-order valence-electron chi connectivity index (χ4n) is 2.86. The summed E-state index contributed by atoms with van der Waals surface area (Å²) in [6.45, 7) is 7.38. The van der Waals surface area contributed by atoms with E-state index >= 15 is 0 Å². The van der Waals surface area contributed by atoms with E-state index in [1.54, 1.807) is 20.8 Å². The molecule has 1 aliphatic rings. The summed E-state index contributed by atoms with van der Waals surface area (Å²) in [5, 5.41) is 2.67. The highest BCUT2D eigenvalue weighted by Crippen LogP contribution is 2.22. The lowest BCUT2D eigenvalue weighted by Gasteiger charge is -2.24. The van der Waals surface area contributed by atoms with Gasteiger partial charge in [-0.1, -0.05) is 29.8 Å². The largest absolute Gasteiger partial charge is 0.461 e.